The first-order valence-corrected chi connectivity index (χ1v) is 16.5. The van der Waals surface area contributed by atoms with Crippen LogP contribution in [0.3, 0.4) is 0 Å². The van der Waals surface area contributed by atoms with Crippen molar-refractivity contribution in [2.24, 2.45) is 5.92 Å². The summed E-state index contributed by atoms with van der Waals surface area (Å²) < 4.78 is 24.8. The predicted octanol–water partition coefficient (Wildman–Crippen LogP) is 6.37. The quantitative estimate of drug-likeness (QED) is 0.113. The molecule has 0 amide bonds. The van der Waals surface area contributed by atoms with Crippen LogP contribution in [-0.4, -0.2) is 56.5 Å². The topological polar surface area (TPSA) is 74.2 Å². The minimum atomic E-state index is -1.99. The van der Waals surface area contributed by atoms with Crippen LogP contribution in [0.4, 0.5) is 0 Å². The molecule has 1 heterocycles. The van der Waals surface area contributed by atoms with Crippen LogP contribution in [0.1, 0.15) is 53.0 Å². The summed E-state index contributed by atoms with van der Waals surface area (Å²) in [6.45, 7) is 18.9. The lowest BCUT2D eigenvalue weighted by Crippen LogP contribution is -2.59. The minimum absolute atomic E-state index is 0.0360. The second-order valence-corrected chi connectivity index (χ2v) is 15.0. The van der Waals surface area contributed by atoms with E-state index in [1.807, 2.05) is 30.3 Å². The molecular formula is C31H48O6Si. The van der Waals surface area contributed by atoms with Crippen LogP contribution < -0.4 is 0 Å². The van der Waals surface area contributed by atoms with E-state index >= 15 is 0 Å². The number of benzene rings is 1. The molecule has 1 saturated heterocycles. The summed E-state index contributed by atoms with van der Waals surface area (Å²) in [5.41, 5.74) is 1.93. The standard InChI is InChI=1S/C31H48O6Si/c1-8-12-18-27(35-25(7)32)19-23(5)20-28-30(33)31(37-38(9-2,10-3)11-4)24(6)29(36-28)22-34-21-26-16-14-13-15-17-26/h8,12-18,24,27-31,33H,1,5,9-11,19-22H2,2-4,6-7H3/b18-12+/t24-,27+,28+,29-,30+,31+/m0/s1. The molecular weight excluding hydrogens is 496 g/mol. The first kappa shape index (κ1) is 32.2. The van der Waals surface area contributed by atoms with E-state index in [1.54, 1.807) is 18.2 Å². The van der Waals surface area contributed by atoms with Gasteiger partial charge in [-0.05, 0) is 36.2 Å². The Hall–Kier alpha value is -2.03. The molecule has 1 N–H and O–H groups in total. The molecule has 2 rings (SSSR count). The molecule has 7 heteroatoms. The average Bonchev–Trinajstić information content (AvgIpc) is 2.90. The maximum absolute atomic E-state index is 11.6. The fraction of sp³-hybridized carbons (Fsp3) is 0.581. The number of aliphatic hydroxyl groups is 1. The summed E-state index contributed by atoms with van der Waals surface area (Å²) in [6.07, 6.45) is 3.74. The molecule has 1 aromatic rings. The van der Waals surface area contributed by atoms with Crippen molar-refractivity contribution in [3.05, 3.63) is 72.9 Å². The van der Waals surface area contributed by atoms with E-state index in [1.165, 1.54) is 6.92 Å². The highest BCUT2D eigenvalue weighted by Crippen LogP contribution is 2.36. The van der Waals surface area contributed by atoms with Gasteiger partial charge in [-0.25, -0.2) is 0 Å². The lowest BCUT2D eigenvalue weighted by Gasteiger charge is -2.47. The molecule has 0 unspecified atom stereocenters. The van der Waals surface area contributed by atoms with Gasteiger partial charge in [0, 0.05) is 19.3 Å². The molecule has 6 atom stereocenters. The average molecular weight is 545 g/mol. The minimum Gasteiger partial charge on any atom is -0.458 e. The maximum atomic E-state index is 11.6. The van der Waals surface area contributed by atoms with E-state index in [0.29, 0.717) is 26.1 Å². The van der Waals surface area contributed by atoms with Crippen LogP contribution >= 0.6 is 0 Å². The second-order valence-electron chi connectivity index (χ2n) is 10.3. The fourth-order valence-electron chi connectivity index (χ4n) is 5.07. The Kier molecular flexibility index (Phi) is 13.7. The Labute approximate surface area is 230 Å². The number of rotatable bonds is 16. The van der Waals surface area contributed by atoms with Crippen LogP contribution in [0.5, 0.6) is 0 Å². The van der Waals surface area contributed by atoms with Crippen molar-refractivity contribution in [2.75, 3.05) is 6.61 Å². The SMILES string of the molecule is C=C/C=C/[C@H](CC(=C)C[C@H]1O[C@@H](COCc2ccccc2)[C@H](C)[C@@H](O[Si](CC)(CC)CC)[C@@H]1O)OC(C)=O. The van der Waals surface area contributed by atoms with Crippen molar-refractivity contribution in [1.29, 1.82) is 0 Å². The van der Waals surface area contributed by atoms with Gasteiger partial charge in [-0.2, -0.15) is 0 Å². The van der Waals surface area contributed by atoms with Crippen molar-refractivity contribution in [3.63, 3.8) is 0 Å². The number of esters is 1. The molecule has 38 heavy (non-hydrogen) atoms. The van der Waals surface area contributed by atoms with Gasteiger partial charge in [0.2, 0.25) is 0 Å². The van der Waals surface area contributed by atoms with Gasteiger partial charge in [-0.15, -0.1) is 0 Å². The van der Waals surface area contributed by atoms with Gasteiger partial charge in [-0.3, -0.25) is 4.79 Å². The predicted molar refractivity (Wildman–Crippen MR) is 155 cm³/mol. The highest BCUT2D eigenvalue weighted by Gasteiger charge is 2.47. The largest absolute Gasteiger partial charge is 0.458 e. The molecule has 212 valence electrons. The Morgan fingerprint density at radius 3 is 2.39 bits per heavy atom. The van der Waals surface area contributed by atoms with E-state index < -0.39 is 26.6 Å². The summed E-state index contributed by atoms with van der Waals surface area (Å²) in [5.74, 6) is -0.394. The molecule has 1 fully saturated rings. The lowest BCUT2D eigenvalue weighted by atomic mass is 9.86. The number of carbonyl (C=O) groups is 1. The highest BCUT2D eigenvalue weighted by molar-refractivity contribution is 6.73. The number of carbonyl (C=O) groups excluding carboxylic acids is 1. The molecule has 1 aliphatic rings. The zero-order valence-corrected chi connectivity index (χ0v) is 24.9. The van der Waals surface area contributed by atoms with E-state index in [0.717, 1.165) is 29.3 Å². The van der Waals surface area contributed by atoms with Gasteiger partial charge in [0.05, 0.1) is 31.5 Å². The van der Waals surface area contributed by atoms with Crippen molar-refractivity contribution in [3.8, 4) is 0 Å². The third-order valence-electron chi connectivity index (χ3n) is 7.64. The van der Waals surface area contributed by atoms with Crippen molar-refractivity contribution in [1.82, 2.24) is 0 Å². The van der Waals surface area contributed by atoms with Crippen LogP contribution in [0.15, 0.2) is 67.3 Å². The molecule has 0 aromatic heterocycles. The number of allylic oxidation sites excluding steroid dienone is 2. The normalized spacial score (nSPS) is 24.7. The molecule has 1 aliphatic heterocycles. The van der Waals surface area contributed by atoms with Gasteiger partial charge < -0.3 is 23.7 Å². The van der Waals surface area contributed by atoms with E-state index in [9.17, 15) is 9.90 Å². The van der Waals surface area contributed by atoms with Crippen LogP contribution in [0.2, 0.25) is 18.1 Å². The van der Waals surface area contributed by atoms with Crippen LogP contribution in [-0.2, 0) is 30.0 Å². The Morgan fingerprint density at radius 2 is 1.82 bits per heavy atom. The summed E-state index contributed by atoms with van der Waals surface area (Å²) >= 11 is 0. The van der Waals surface area contributed by atoms with E-state index in [-0.39, 0.29) is 24.1 Å². The molecule has 0 aliphatic carbocycles. The van der Waals surface area contributed by atoms with Gasteiger partial charge in [-0.1, -0.05) is 88.9 Å². The third kappa shape index (κ3) is 9.61. The van der Waals surface area contributed by atoms with Gasteiger partial charge in [0.25, 0.3) is 0 Å². The first-order valence-electron chi connectivity index (χ1n) is 13.9. The first-order chi connectivity index (χ1) is 18.2. The van der Waals surface area contributed by atoms with Gasteiger partial charge in [0.15, 0.2) is 8.32 Å². The molecule has 0 radical (unpaired) electrons. The van der Waals surface area contributed by atoms with Crippen LogP contribution in [0, 0.1) is 5.92 Å². The fourth-order valence-corrected chi connectivity index (χ4v) is 8.00. The van der Waals surface area contributed by atoms with Crippen molar-refractivity contribution in [2.45, 2.75) is 103 Å². The second kappa shape index (κ2) is 16.2. The highest BCUT2D eigenvalue weighted by atomic mass is 28.4. The van der Waals surface area contributed by atoms with Crippen molar-refractivity contribution >= 4 is 14.3 Å². The number of ether oxygens (including phenoxy) is 3. The third-order valence-corrected chi connectivity index (χ3v) is 12.3. The lowest BCUT2D eigenvalue weighted by molar-refractivity contribution is -0.204. The molecule has 0 saturated carbocycles. The molecule has 6 nitrogen and oxygen atoms in total. The number of hydrogen-bond acceptors (Lipinski definition) is 6. The Morgan fingerprint density at radius 1 is 1.16 bits per heavy atom. The molecule has 0 bridgehead atoms. The zero-order valence-electron chi connectivity index (χ0n) is 23.9. The van der Waals surface area contributed by atoms with Gasteiger partial charge in [0.1, 0.15) is 12.2 Å². The summed E-state index contributed by atoms with van der Waals surface area (Å²) in [6, 6.07) is 13.1. The molecule has 1 aromatic carbocycles. The molecule has 0 spiro atoms. The monoisotopic (exact) mass is 544 g/mol. The Balaban J connectivity index is 2.19. The summed E-state index contributed by atoms with van der Waals surface area (Å²) in [7, 11) is -1.99. The number of aliphatic hydroxyl groups excluding tert-OH is 1. The zero-order chi connectivity index (χ0) is 28.1. The number of hydrogen-bond donors (Lipinski definition) is 1. The van der Waals surface area contributed by atoms with E-state index in [2.05, 4.69) is 40.9 Å². The van der Waals surface area contributed by atoms with Crippen molar-refractivity contribution < 1.29 is 28.5 Å². The summed E-state index contributed by atoms with van der Waals surface area (Å²) in [4.78, 5) is 11.6. The van der Waals surface area contributed by atoms with Gasteiger partial charge >= 0.3 is 5.97 Å². The summed E-state index contributed by atoms with van der Waals surface area (Å²) in [5, 5.41) is 11.5. The smallest absolute Gasteiger partial charge is 0.303 e. The Bertz CT molecular complexity index is 889. The maximum Gasteiger partial charge on any atom is 0.303 e. The van der Waals surface area contributed by atoms with E-state index in [4.69, 9.17) is 18.6 Å². The van der Waals surface area contributed by atoms with Crippen LogP contribution in [0.25, 0.3) is 0 Å².